The van der Waals surface area contributed by atoms with Crippen molar-refractivity contribution in [3.63, 3.8) is 0 Å². The van der Waals surface area contributed by atoms with Crippen molar-refractivity contribution in [2.24, 2.45) is 11.8 Å². The lowest BCUT2D eigenvalue weighted by Crippen LogP contribution is -2.29. The highest BCUT2D eigenvalue weighted by Gasteiger charge is 2.15. The van der Waals surface area contributed by atoms with Crippen LogP contribution >= 0.6 is 15.9 Å². The number of ether oxygens (including phenoxy) is 1. The van der Waals surface area contributed by atoms with Crippen LogP contribution in [0, 0.1) is 5.92 Å². The molecule has 0 amide bonds. The number of benzene rings is 1. The molecule has 0 bridgehead atoms. The van der Waals surface area contributed by atoms with Crippen molar-refractivity contribution < 1.29 is 4.74 Å². The number of hydrogen-bond acceptors (Lipinski definition) is 3. The maximum atomic E-state index is 5.67. The summed E-state index contributed by atoms with van der Waals surface area (Å²) in [5.74, 6) is 7.18. The monoisotopic (exact) mass is 314 g/mol. The van der Waals surface area contributed by atoms with E-state index in [2.05, 4.69) is 47.3 Å². The van der Waals surface area contributed by atoms with Gasteiger partial charge in [-0.1, -0.05) is 32.8 Å². The molecule has 0 spiro atoms. The van der Waals surface area contributed by atoms with Crippen LogP contribution in [0.1, 0.15) is 44.7 Å². The Hall–Kier alpha value is -0.580. The molecule has 18 heavy (non-hydrogen) atoms. The lowest BCUT2D eigenvalue weighted by atomic mass is 9.93. The number of halogens is 1. The number of hydrazine groups is 1. The summed E-state index contributed by atoms with van der Waals surface area (Å²) in [7, 11) is 1.67. The molecule has 0 aliphatic carbocycles. The Bertz CT molecular complexity index is 371. The zero-order chi connectivity index (χ0) is 13.5. The average Bonchev–Trinajstić information content (AvgIpc) is 2.36. The van der Waals surface area contributed by atoms with Gasteiger partial charge in [0.25, 0.3) is 0 Å². The highest BCUT2D eigenvalue weighted by atomic mass is 79.9. The van der Waals surface area contributed by atoms with E-state index in [1.54, 1.807) is 7.11 Å². The van der Waals surface area contributed by atoms with Gasteiger partial charge in [-0.2, -0.15) is 0 Å². The van der Waals surface area contributed by atoms with Gasteiger partial charge in [-0.3, -0.25) is 11.3 Å². The van der Waals surface area contributed by atoms with Gasteiger partial charge in [-0.25, -0.2) is 0 Å². The Labute approximate surface area is 118 Å². The first-order chi connectivity index (χ1) is 8.62. The van der Waals surface area contributed by atoms with E-state index in [9.17, 15) is 0 Å². The summed E-state index contributed by atoms with van der Waals surface area (Å²) < 4.78 is 6.20. The summed E-state index contributed by atoms with van der Waals surface area (Å²) in [6.07, 6.45) is 3.49. The van der Waals surface area contributed by atoms with Gasteiger partial charge >= 0.3 is 0 Å². The standard InChI is InChI=1S/C14H23BrN2O/c1-4-5-10(2)8-13(17-16)11-6-7-14(18-3)12(15)9-11/h6-7,9-10,13,17H,4-5,8,16H2,1-3H3. The molecule has 0 radical (unpaired) electrons. The first kappa shape index (κ1) is 15.5. The molecule has 2 atom stereocenters. The van der Waals surface area contributed by atoms with Gasteiger partial charge in [0.15, 0.2) is 0 Å². The molecule has 0 saturated carbocycles. The summed E-state index contributed by atoms with van der Waals surface area (Å²) in [6, 6.07) is 6.29. The SMILES string of the molecule is CCCC(C)CC(NN)c1ccc(OC)c(Br)c1. The van der Waals surface area contributed by atoms with Crippen molar-refractivity contribution in [2.75, 3.05) is 7.11 Å². The zero-order valence-electron chi connectivity index (χ0n) is 11.4. The molecule has 0 fully saturated rings. The fourth-order valence-electron chi connectivity index (χ4n) is 2.21. The van der Waals surface area contributed by atoms with Gasteiger partial charge < -0.3 is 4.74 Å². The molecule has 0 aliphatic heterocycles. The predicted molar refractivity (Wildman–Crippen MR) is 79.4 cm³/mol. The second kappa shape index (κ2) is 7.77. The lowest BCUT2D eigenvalue weighted by Gasteiger charge is -2.21. The van der Waals surface area contributed by atoms with E-state index < -0.39 is 0 Å². The van der Waals surface area contributed by atoms with Crippen LogP contribution in [-0.4, -0.2) is 7.11 Å². The van der Waals surface area contributed by atoms with E-state index in [4.69, 9.17) is 10.6 Å². The van der Waals surface area contributed by atoms with Crippen LogP contribution in [0.15, 0.2) is 22.7 Å². The summed E-state index contributed by atoms with van der Waals surface area (Å²) in [5, 5.41) is 0. The van der Waals surface area contributed by atoms with Crippen molar-refractivity contribution >= 4 is 15.9 Å². The molecule has 1 rings (SSSR count). The third-order valence-corrected chi connectivity index (χ3v) is 3.82. The van der Waals surface area contributed by atoms with Crippen molar-refractivity contribution in [1.82, 2.24) is 5.43 Å². The van der Waals surface area contributed by atoms with Gasteiger partial charge in [0.2, 0.25) is 0 Å². The highest BCUT2D eigenvalue weighted by Crippen LogP contribution is 2.30. The molecule has 4 heteroatoms. The smallest absolute Gasteiger partial charge is 0.133 e. The van der Waals surface area contributed by atoms with E-state index >= 15 is 0 Å². The van der Waals surface area contributed by atoms with Gasteiger partial charge in [-0.05, 0) is 46.0 Å². The molecule has 0 heterocycles. The summed E-state index contributed by atoms with van der Waals surface area (Å²) in [5.41, 5.74) is 4.10. The van der Waals surface area contributed by atoms with Crippen LogP contribution in [0.2, 0.25) is 0 Å². The minimum atomic E-state index is 0.189. The molecule has 102 valence electrons. The topological polar surface area (TPSA) is 47.3 Å². The average molecular weight is 315 g/mol. The van der Waals surface area contributed by atoms with E-state index in [0.717, 1.165) is 16.6 Å². The molecule has 1 aromatic carbocycles. The quantitative estimate of drug-likeness (QED) is 0.594. The van der Waals surface area contributed by atoms with E-state index in [1.165, 1.54) is 18.4 Å². The van der Waals surface area contributed by atoms with Gasteiger partial charge in [0.05, 0.1) is 11.6 Å². The fraction of sp³-hybridized carbons (Fsp3) is 0.571. The molecule has 3 N–H and O–H groups in total. The largest absolute Gasteiger partial charge is 0.496 e. The summed E-state index contributed by atoms with van der Waals surface area (Å²) in [4.78, 5) is 0. The number of hydrogen-bond donors (Lipinski definition) is 2. The maximum absolute atomic E-state index is 5.67. The Morgan fingerprint density at radius 2 is 2.17 bits per heavy atom. The van der Waals surface area contributed by atoms with E-state index in [-0.39, 0.29) is 6.04 Å². The Kier molecular flexibility index (Phi) is 6.68. The molecular weight excluding hydrogens is 292 g/mol. The van der Waals surface area contributed by atoms with Crippen molar-refractivity contribution in [2.45, 2.75) is 39.2 Å². The lowest BCUT2D eigenvalue weighted by molar-refractivity contribution is 0.392. The molecule has 1 aromatic rings. The molecule has 0 saturated heterocycles. The predicted octanol–water partition coefficient (Wildman–Crippen LogP) is 3.79. The fourth-order valence-corrected chi connectivity index (χ4v) is 2.77. The number of nitrogens with one attached hydrogen (secondary N) is 1. The second-order valence-corrected chi connectivity index (χ2v) is 5.60. The third-order valence-electron chi connectivity index (χ3n) is 3.20. The first-order valence-electron chi connectivity index (χ1n) is 6.41. The number of methoxy groups -OCH3 is 1. The van der Waals surface area contributed by atoms with Crippen LogP contribution in [0.3, 0.4) is 0 Å². The van der Waals surface area contributed by atoms with E-state index in [0.29, 0.717) is 5.92 Å². The highest BCUT2D eigenvalue weighted by molar-refractivity contribution is 9.10. The third kappa shape index (κ3) is 4.26. The van der Waals surface area contributed by atoms with Crippen molar-refractivity contribution in [1.29, 1.82) is 0 Å². The summed E-state index contributed by atoms with van der Waals surface area (Å²) >= 11 is 3.51. The van der Waals surface area contributed by atoms with Crippen LogP contribution in [0.5, 0.6) is 5.75 Å². The van der Waals surface area contributed by atoms with Gasteiger partial charge in [0, 0.05) is 6.04 Å². The minimum absolute atomic E-state index is 0.189. The Morgan fingerprint density at radius 1 is 1.44 bits per heavy atom. The molecule has 3 nitrogen and oxygen atoms in total. The molecule has 0 aliphatic rings. The number of rotatable bonds is 7. The number of nitrogens with two attached hydrogens (primary N) is 1. The van der Waals surface area contributed by atoms with Crippen molar-refractivity contribution in [3.8, 4) is 5.75 Å². The molecular formula is C14H23BrN2O. The second-order valence-electron chi connectivity index (χ2n) is 4.74. The minimum Gasteiger partial charge on any atom is -0.496 e. The normalized spacial score (nSPS) is 14.3. The first-order valence-corrected chi connectivity index (χ1v) is 7.21. The van der Waals surface area contributed by atoms with Crippen molar-refractivity contribution in [3.05, 3.63) is 28.2 Å². The zero-order valence-corrected chi connectivity index (χ0v) is 13.0. The molecule has 2 unspecified atom stereocenters. The van der Waals surface area contributed by atoms with Gasteiger partial charge in [-0.15, -0.1) is 0 Å². The van der Waals surface area contributed by atoms with Crippen LogP contribution in [0.4, 0.5) is 0 Å². The Balaban J connectivity index is 2.78. The van der Waals surface area contributed by atoms with E-state index in [1.807, 2.05) is 6.07 Å². The molecule has 0 aromatic heterocycles. The van der Waals surface area contributed by atoms with Gasteiger partial charge in [0.1, 0.15) is 5.75 Å². The van der Waals surface area contributed by atoms with Crippen LogP contribution < -0.4 is 16.0 Å². The summed E-state index contributed by atoms with van der Waals surface area (Å²) in [6.45, 7) is 4.48. The van der Waals surface area contributed by atoms with Crippen LogP contribution in [-0.2, 0) is 0 Å². The van der Waals surface area contributed by atoms with Crippen LogP contribution in [0.25, 0.3) is 0 Å². The maximum Gasteiger partial charge on any atom is 0.133 e. The Morgan fingerprint density at radius 3 is 2.67 bits per heavy atom.